The van der Waals surface area contributed by atoms with E-state index in [2.05, 4.69) is 9.80 Å². The third-order valence-electron chi connectivity index (χ3n) is 6.03. The molecule has 0 bridgehead atoms. The zero-order chi connectivity index (χ0) is 17.4. The predicted molar refractivity (Wildman–Crippen MR) is 90.8 cm³/mol. The number of fused-ring (bicyclic) bond motifs is 1. The first-order chi connectivity index (χ1) is 12.1. The van der Waals surface area contributed by atoms with Crippen LogP contribution in [0.1, 0.15) is 37.9 Å². The highest BCUT2D eigenvalue weighted by atomic mass is 16.6. The minimum atomic E-state index is -0.503. The van der Waals surface area contributed by atoms with E-state index in [0.717, 1.165) is 39.0 Å². The van der Waals surface area contributed by atoms with Crippen molar-refractivity contribution in [2.75, 3.05) is 26.2 Å². The molecule has 3 heterocycles. The smallest absolute Gasteiger partial charge is 0.404 e. The number of carbonyl (C=O) groups excluding carboxylic acids is 1. The average molecular weight is 347 g/mol. The van der Waals surface area contributed by atoms with Crippen molar-refractivity contribution in [3.63, 3.8) is 0 Å². The van der Waals surface area contributed by atoms with E-state index < -0.39 is 4.92 Å². The number of amides is 1. The van der Waals surface area contributed by atoms with E-state index in [9.17, 15) is 14.9 Å². The molecule has 7 nitrogen and oxygen atoms in total. The lowest BCUT2D eigenvalue weighted by atomic mass is 9.88. The number of hydrogen-bond acceptors (Lipinski definition) is 5. The largest absolute Gasteiger partial charge is 0.433 e. The molecule has 1 amide bonds. The van der Waals surface area contributed by atoms with Crippen molar-refractivity contribution in [1.82, 2.24) is 9.80 Å². The van der Waals surface area contributed by atoms with Crippen LogP contribution in [0, 0.1) is 27.9 Å². The zero-order valence-corrected chi connectivity index (χ0v) is 14.4. The first-order valence-corrected chi connectivity index (χ1v) is 9.34. The fraction of sp³-hybridized carbons (Fsp3) is 0.722. The Morgan fingerprint density at radius 3 is 2.40 bits per heavy atom. The predicted octanol–water partition coefficient (Wildman–Crippen LogP) is 2.66. The van der Waals surface area contributed by atoms with E-state index in [1.54, 1.807) is 6.07 Å². The number of furan rings is 1. The summed E-state index contributed by atoms with van der Waals surface area (Å²) in [4.78, 5) is 27.3. The molecule has 1 aromatic heterocycles. The van der Waals surface area contributed by atoms with E-state index in [1.807, 2.05) is 0 Å². The Balaban J connectivity index is 1.29. The molecular formula is C18H25N3O4. The lowest BCUT2D eigenvalue weighted by Gasteiger charge is -2.27. The maximum Gasteiger partial charge on any atom is 0.433 e. The van der Waals surface area contributed by atoms with Gasteiger partial charge < -0.3 is 9.32 Å². The fourth-order valence-electron chi connectivity index (χ4n) is 4.78. The molecular weight excluding hydrogens is 322 g/mol. The summed E-state index contributed by atoms with van der Waals surface area (Å²) in [6, 6.07) is 3.10. The first kappa shape index (κ1) is 16.6. The Morgan fingerprint density at radius 1 is 1.12 bits per heavy atom. The Kier molecular flexibility index (Phi) is 4.50. The summed E-state index contributed by atoms with van der Waals surface area (Å²) in [5.41, 5.74) is 0. The van der Waals surface area contributed by atoms with Gasteiger partial charge >= 0.3 is 5.88 Å². The molecule has 0 aromatic carbocycles. The molecule has 0 radical (unpaired) electrons. The van der Waals surface area contributed by atoms with Gasteiger partial charge in [0, 0.05) is 32.1 Å². The van der Waals surface area contributed by atoms with Crippen LogP contribution in [0.4, 0.5) is 5.88 Å². The van der Waals surface area contributed by atoms with Crippen LogP contribution in [0.25, 0.3) is 0 Å². The molecule has 4 rings (SSSR count). The number of carbonyl (C=O) groups is 1. The third-order valence-corrected chi connectivity index (χ3v) is 6.03. The summed E-state index contributed by atoms with van der Waals surface area (Å²) in [5, 5.41) is 10.7. The molecule has 2 saturated heterocycles. The molecule has 136 valence electrons. The second-order valence-corrected chi connectivity index (χ2v) is 7.79. The Labute approximate surface area is 147 Å². The molecule has 2 aliphatic heterocycles. The van der Waals surface area contributed by atoms with E-state index in [4.69, 9.17) is 4.42 Å². The van der Waals surface area contributed by atoms with Crippen LogP contribution < -0.4 is 0 Å². The summed E-state index contributed by atoms with van der Waals surface area (Å²) >= 11 is 0. The van der Waals surface area contributed by atoms with E-state index in [0.29, 0.717) is 30.0 Å². The zero-order valence-electron chi connectivity index (χ0n) is 14.4. The summed E-state index contributed by atoms with van der Waals surface area (Å²) in [6.45, 7) is 4.22. The van der Waals surface area contributed by atoms with Crippen molar-refractivity contribution in [1.29, 1.82) is 0 Å². The molecule has 2 unspecified atom stereocenters. The van der Waals surface area contributed by atoms with Gasteiger partial charge in [-0.25, -0.2) is 0 Å². The van der Waals surface area contributed by atoms with Crippen LogP contribution in [0.5, 0.6) is 0 Å². The van der Waals surface area contributed by atoms with Gasteiger partial charge in [0.15, 0.2) is 0 Å². The van der Waals surface area contributed by atoms with Crippen LogP contribution in [-0.2, 0) is 11.3 Å². The Bertz CT molecular complexity index is 639. The number of likely N-dealkylation sites (tertiary alicyclic amines) is 2. The molecule has 0 spiro atoms. The molecule has 0 N–H and O–H groups in total. The molecule has 1 aromatic rings. The summed E-state index contributed by atoms with van der Waals surface area (Å²) < 4.78 is 5.26. The number of nitro groups is 1. The van der Waals surface area contributed by atoms with Crippen LogP contribution in [0.2, 0.25) is 0 Å². The molecule has 3 fully saturated rings. The average Bonchev–Trinajstić information content (AvgIpc) is 3.30. The van der Waals surface area contributed by atoms with Gasteiger partial charge in [-0.2, -0.15) is 0 Å². The highest BCUT2D eigenvalue weighted by Gasteiger charge is 2.42. The normalized spacial score (nSPS) is 27.6. The van der Waals surface area contributed by atoms with Crippen molar-refractivity contribution in [2.24, 2.45) is 17.8 Å². The van der Waals surface area contributed by atoms with Gasteiger partial charge in [0.2, 0.25) is 5.91 Å². The Morgan fingerprint density at radius 2 is 1.80 bits per heavy atom. The molecule has 1 saturated carbocycles. The molecule has 1 aliphatic carbocycles. The van der Waals surface area contributed by atoms with Crippen LogP contribution in [0.15, 0.2) is 16.5 Å². The molecule has 2 atom stereocenters. The maximum absolute atomic E-state index is 12.7. The fourth-order valence-corrected chi connectivity index (χ4v) is 4.78. The summed E-state index contributed by atoms with van der Waals surface area (Å²) in [6.07, 6.45) is 5.79. The number of nitrogens with zero attached hydrogens (tertiary/aromatic N) is 3. The second kappa shape index (κ2) is 6.78. The van der Waals surface area contributed by atoms with E-state index in [1.165, 1.54) is 25.3 Å². The number of hydrogen-bond donors (Lipinski definition) is 0. The quantitative estimate of drug-likeness (QED) is 0.618. The molecule has 25 heavy (non-hydrogen) atoms. The van der Waals surface area contributed by atoms with Gasteiger partial charge in [0.1, 0.15) is 10.7 Å². The van der Waals surface area contributed by atoms with Crippen molar-refractivity contribution in [3.05, 3.63) is 28.0 Å². The maximum atomic E-state index is 12.7. The molecule has 3 aliphatic rings. The monoisotopic (exact) mass is 347 g/mol. The molecule has 7 heteroatoms. The SMILES string of the molecule is O=C(C1CCCCC1)N1CC2CN(Cc3ccc([N+](=O)[O-])o3)CC2C1. The van der Waals surface area contributed by atoms with Crippen molar-refractivity contribution >= 4 is 11.8 Å². The third kappa shape index (κ3) is 3.42. The van der Waals surface area contributed by atoms with Crippen molar-refractivity contribution in [2.45, 2.75) is 38.6 Å². The standard InChI is InChI=1S/C18H25N3O4/c22-18(13-4-2-1-3-5-13)20-10-14-8-19(9-15(14)11-20)12-16-6-7-17(25-16)21(23)24/h6-7,13-15H,1-5,8-12H2. The Hall–Kier alpha value is -1.89. The summed E-state index contributed by atoms with van der Waals surface area (Å²) in [7, 11) is 0. The van der Waals surface area contributed by atoms with Gasteiger partial charge in [0.25, 0.3) is 0 Å². The van der Waals surface area contributed by atoms with E-state index in [-0.39, 0.29) is 11.8 Å². The number of rotatable bonds is 4. The lowest BCUT2D eigenvalue weighted by Crippen LogP contribution is -2.37. The highest BCUT2D eigenvalue weighted by molar-refractivity contribution is 5.79. The van der Waals surface area contributed by atoms with Crippen LogP contribution in [0.3, 0.4) is 0 Å². The van der Waals surface area contributed by atoms with Crippen molar-refractivity contribution < 1.29 is 14.1 Å². The second-order valence-electron chi connectivity index (χ2n) is 7.79. The van der Waals surface area contributed by atoms with Crippen LogP contribution in [-0.4, -0.2) is 46.8 Å². The highest BCUT2D eigenvalue weighted by Crippen LogP contribution is 2.34. The minimum Gasteiger partial charge on any atom is -0.404 e. The van der Waals surface area contributed by atoms with Crippen molar-refractivity contribution in [3.8, 4) is 0 Å². The van der Waals surface area contributed by atoms with Gasteiger partial charge in [-0.05, 0) is 30.7 Å². The summed E-state index contributed by atoms with van der Waals surface area (Å²) in [5.74, 6) is 2.13. The van der Waals surface area contributed by atoms with Gasteiger partial charge in [-0.3, -0.25) is 19.8 Å². The van der Waals surface area contributed by atoms with E-state index >= 15 is 0 Å². The topological polar surface area (TPSA) is 79.8 Å². The van der Waals surface area contributed by atoms with Gasteiger partial charge in [-0.15, -0.1) is 0 Å². The van der Waals surface area contributed by atoms with Gasteiger partial charge in [-0.1, -0.05) is 19.3 Å². The lowest BCUT2D eigenvalue weighted by molar-refractivity contribution is -0.402. The minimum absolute atomic E-state index is 0.196. The van der Waals surface area contributed by atoms with Crippen LogP contribution >= 0.6 is 0 Å². The first-order valence-electron chi connectivity index (χ1n) is 9.34. The van der Waals surface area contributed by atoms with Gasteiger partial charge in [0.05, 0.1) is 12.6 Å².